The van der Waals surface area contributed by atoms with Crippen LogP contribution in [0.15, 0.2) is 24.3 Å². The van der Waals surface area contributed by atoms with Gasteiger partial charge in [-0.25, -0.2) is 0 Å². The molecule has 0 spiro atoms. The fraction of sp³-hybridized carbons (Fsp3) is 0.545. The van der Waals surface area contributed by atoms with E-state index in [1.54, 1.807) is 0 Å². The molecule has 0 aliphatic heterocycles. The van der Waals surface area contributed by atoms with Gasteiger partial charge in [0.1, 0.15) is 6.29 Å². The predicted octanol–water partition coefficient (Wildman–Crippen LogP) is 3.12. The van der Waals surface area contributed by atoms with Crippen molar-refractivity contribution in [3.8, 4) is 0 Å². The topological polar surface area (TPSA) is 17.1 Å². The number of hydrogen-bond donors (Lipinski definition) is 0. The summed E-state index contributed by atoms with van der Waals surface area (Å²) in [6.07, 6.45) is 12.0. The number of aldehydes is 1. The third-order valence-corrected chi connectivity index (χ3v) is 1.44. The Morgan fingerprint density at radius 1 is 1.17 bits per heavy atom. The van der Waals surface area contributed by atoms with Crippen LogP contribution in [0.1, 0.15) is 33.1 Å². The second-order valence-electron chi connectivity index (χ2n) is 3.15. The maximum atomic E-state index is 9.94. The van der Waals surface area contributed by atoms with Crippen molar-refractivity contribution in [3.05, 3.63) is 24.3 Å². The van der Waals surface area contributed by atoms with E-state index in [-0.39, 0.29) is 0 Å². The largest absolute Gasteiger partial charge is 0.303 e. The van der Waals surface area contributed by atoms with Crippen LogP contribution in [-0.2, 0) is 4.79 Å². The fourth-order valence-corrected chi connectivity index (χ4v) is 0.780. The predicted molar refractivity (Wildman–Crippen MR) is 53.0 cm³/mol. The van der Waals surface area contributed by atoms with E-state index in [1.165, 1.54) is 0 Å². The molecule has 0 rings (SSSR count). The molecule has 0 radical (unpaired) electrons. The van der Waals surface area contributed by atoms with Crippen molar-refractivity contribution in [2.24, 2.45) is 5.92 Å². The second kappa shape index (κ2) is 8.25. The van der Waals surface area contributed by atoms with Crippen LogP contribution in [0.3, 0.4) is 0 Å². The molecule has 0 atom stereocenters. The van der Waals surface area contributed by atoms with Gasteiger partial charge in [-0.1, -0.05) is 38.2 Å². The van der Waals surface area contributed by atoms with E-state index in [4.69, 9.17) is 0 Å². The van der Waals surface area contributed by atoms with Crippen LogP contribution in [0, 0.1) is 5.92 Å². The van der Waals surface area contributed by atoms with Gasteiger partial charge in [0, 0.05) is 6.42 Å². The maximum absolute atomic E-state index is 9.94. The zero-order valence-corrected chi connectivity index (χ0v) is 7.99. The molecule has 0 aromatic heterocycles. The first-order valence-electron chi connectivity index (χ1n) is 4.54. The Morgan fingerprint density at radius 3 is 2.50 bits per heavy atom. The Balaban J connectivity index is 3.30. The van der Waals surface area contributed by atoms with Crippen LogP contribution in [0.25, 0.3) is 0 Å². The molecular weight excluding hydrogens is 148 g/mol. The molecule has 0 aliphatic carbocycles. The van der Waals surface area contributed by atoms with E-state index in [1.807, 2.05) is 6.08 Å². The first-order chi connectivity index (χ1) is 5.77. The SMILES string of the molecule is CC(C)/C=C/C=C/CCCC=O. The van der Waals surface area contributed by atoms with E-state index < -0.39 is 0 Å². The van der Waals surface area contributed by atoms with E-state index in [0.29, 0.717) is 12.3 Å². The summed E-state index contributed by atoms with van der Waals surface area (Å²) in [5.74, 6) is 0.615. The van der Waals surface area contributed by atoms with Crippen LogP contribution in [0.5, 0.6) is 0 Å². The molecule has 0 aromatic carbocycles. The van der Waals surface area contributed by atoms with Crippen LogP contribution in [0.4, 0.5) is 0 Å². The molecule has 1 nitrogen and oxygen atoms in total. The van der Waals surface area contributed by atoms with Crippen molar-refractivity contribution in [2.75, 3.05) is 0 Å². The minimum atomic E-state index is 0.615. The Morgan fingerprint density at radius 2 is 1.92 bits per heavy atom. The summed E-state index contributed by atoms with van der Waals surface area (Å²) >= 11 is 0. The third kappa shape index (κ3) is 9.15. The standard InChI is InChI=1S/C11H18O/c1-11(2)9-7-5-3-4-6-8-10-12/h3,5,7,9-11H,4,6,8H2,1-2H3/b5-3+,9-7+. The van der Waals surface area contributed by atoms with Gasteiger partial charge in [0.05, 0.1) is 0 Å². The normalized spacial score (nSPS) is 11.9. The third-order valence-electron chi connectivity index (χ3n) is 1.44. The molecular formula is C11H18O. The summed E-state index contributed by atoms with van der Waals surface area (Å²) in [4.78, 5) is 9.94. The highest BCUT2D eigenvalue weighted by atomic mass is 16.1. The van der Waals surface area contributed by atoms with Crippen molar-refractivity contribution >= 4 is 6.29 Å². The van der Waals surface area contributed by atoms with Gasteiger partial charge in [0.2, 0.25) is 0 Å². The molecule has 0 N–H and O–H groups in total. The molecule has 0 amide bonds. The zero-order valence-electron chi connectivity index (χ0n) is 7.99. The molecule has 1 heteroatoms. The van der Waals surface area contributed by atoms with Crippen LogP contribution >= 0.6 is 0 Å². The molecule has 0 aliphatic rings. The highest BCUT2D eigenvalue weighted by Crippen LogP contribution is 1.96. The fourth-order valence-electron chi connectivity index (χ4n) is 0.780. The number of rotatable bonds is 6. The molecule has 0 bridgehead atoms. The highest BCUT2D eigenvalue weighted by Gasteiger charge is 1.81. The van der Waals surface area contributed by atoms with Crippen molar-refractivity contribution in [3.63, 3.8) is 0 Å². The number of carbonyl (C=O) groups is 1. The van der Waals surface area contributed by atoms with Gasteiger partial charge in [0.25, 0.3) is 0 Å². The van der Waals surface area contributed by atoms with Crippen molar-refractivity contribution in [2.45, 2.75) is 33.1 Å². The summed E-state index contributed by atoms with van der Waals surface area (Å²) in [6, 6.07) is 0. The molecule has 68 valence electrons. The lowest BCUT2D eigenvalue weighted by Gasteiger charge is -1.89. The van der Waals surface area contributed by atoms with Crippen molar-refractivity contribution in [1.82, 2.24) is 0 Å². The Labute approximate surface area is 75.2 Å². The van der Waals surface area contributed by atoms with E-state index >= 15 is 0 Å². The summed E-state index contributed by atoms with van der Waals surface area (Å²) in [6.45, 7) is 4.30. The number of carbonyl (C=O) groups excluding carboxylic acids is 1. The lowest BCUT2D eigenvalue weighted by Crippen LogP contribution is -1.75. The summed E-state index contributed by atoms with van der Waals surface area (Å²) in [7, 11) is 0. The van der Waals surface area contributed by atoms with Crippen LogP contribution < -0.4 is 0 Å². The lowest BCUT2D eigenvalue weighted by atomic mass is 10.2. The minimum absolute atomic E-state index is 0.615. The first kappa shape index (κ1) is 11.2. The van der Waals surface area contributed by atoms with E-state index in [2.05, 4.69) is 32.1 Å². The van der Waals surface area contributed by atoms with Gasteiger partial charge in [-0.3, -0.25) is 0 Å². The average Bonchev–Trinajstić information content (AvgIpc) is 2.02. The average molecular weight is 166 g/mol. The van der Waals surface area contributed by atoms with E-state index in [0.717, 1.165) is 19.1 Å². The summed E-state index contributed by atoms with van der Waals surface area (Å²) < 4.78 is 0. The molecule has 0 aromatic rings. The molecule has 12 heavy (non-hydrogen) atoms. The van der Waals surface area contributed by atoms with Crippen LogP contribution in [0.2, 0.25) is 0 Å². The highest BCUT2D eigenvalue weighted by molar-refractivity contribution is 5.49. The van der Waals surface area contributed by atoms with Gasteiger partial charge in [-0.2, -0.15) is 0 Å². The lowest BCUT2D eigenvalue weighted by molar-refractivity contribution is -0.107. The Bertz CT molecular complexity index is 154. The van der Waals surface area contributed by atoms with Gasteiger partial charge < -0.3 is 4.79 Å². The first-order valence-corrected chi connectivity index (χ1v) is 4.54. The van der Waals surface area contributed by atoms with Crippen molar-refractivity contribution in [1.29, 1.82) is 0 Å². The molecule has 0 unspecified atom stereocenters. The molecule has 0 saturated heterocycles. The minimum Gasteiger partial charge on any atom is -0.303 e. The number of unbranched alkanes of at least 4 members (excludes halogenated alkanes) is 2. The van der Waals surface area contributed by atoms with Gasteiger partial charge in [-0.05, 0) is 18.8 Å². The maximum Gasteiger partial charge on any atom is 0.120 e. The number of hydrogen-bond acceptors (Lipinski definition) is 1. The van der Waals surface area contributed by atoms with Crippen LogP contribution in [-0.4, -0.2) is 6.29 Å². The molecule has 0 heterocycles. The second-order valence-corrected chi connectivity index (χ2v) is 3.15. The molecule has 0 fully saturated rings. The Kier molecular flexibility index (Phi) is 7.66. The Hall–Kier alpha value is -0.850. The van der Waals surface area contributed by atoms with Gasteiger partial charge >= 0.3 is 0 Å². The van der Waals surface area contributed by atoms with E-state index in [9.17, 15) is 4.79 Å². The number of allylic oxidation sites excluding steroid dienone is 4. The summed E-state index contributed by atoms with van der Waals surface area (Å²) in [5, 5.41) is 0. The van der Waals surface area contributed by atoms with Gasteiger partial charge in [0.15, 0.2) is 0 Å². The van der Waals surface area contributed by atoms with Gasteiger partial charge in [-0.15, -0.1) is 0 Å². The van der Waals surface area contributed by atoms with Crippen molar-refractivity contribution < 1.29 is 4.79 Å². The zero-order chi connectivity index (χ0) is 9.23. The molecule has 0 saturated carbocycles. The summed E-state index contributed by atoms with van der Waals surface area (Å²) in [5.41, 5.74) is 0. The monoisotopic (exact) mass is 166 g/mol. The quantitative estimate of drug-likeness (QED) is 0.336. The smallest absolute Gasteiger partial charge is 0.120 e.